The Morgan fingerprint density at radius 1 is 1.14 bits per heavy atom. The van der Waals surface area contributed by atoms with Crippen LogP contribution in [0.2, 0.25) is 5.02 Å². The number of hydrogen-bond acceptors (Lipinski definition) is 3. The lowest BCUT2D eigenvalue weighted by Crippen LogP contribution is -2.23. The van der Waals surface area contributed by atoms with Crippen molar-refractivity contribution in [1.29, 1.82) is 0 Å². The molecule has 0 spiro atoms. The third-order valence-corrected chi connectivity index (χ3v) is 4.71. The van der Waals surface area contributed by atoms with Crippen LogP contribution in [-0.4, -0.2) is 15.5 Å². The number of rotatable bonds is 5. The zero-order valence-corrected chi connectivity index (χ0v) is 13.3. The lowest BCUT2D eigenvalue weighted by molar-refractivity contribution is 0.411. The third kappa shape index (κ3) is 3.97. The number of ether oxygens (including phenoxy) is 1. The highest BCUT2D eigenvalue weighted by molar-refractivity contribution is 7.89. The van der Waals surface area contributed by atoms with Crippen molar-refractivity contribution >= 4 is 21.6 Å². The Kier molecular flexibility index (Phi) is 4.88. The SMILES string of the molecule is COc1ccc(S(=O)(=O)NCc2ccc(Cl)cc2)cc1C. The molecule has 21 heavy (non-hydrogen) atoms. The molecule has 0 saturated heterocycles. The quantitative estimate of drug-likeness (QED) is 0.918. The van der Waals surface area contributed by atoms with Crippen LogP contribution in [0, 0.1) is 6.92 Å². The van der Waals surface area contributed by atoms with E-state index in [1.54, 1.807) is 50.4 Å². The van der Waals surface area contributed by atoms with Gasteiger partial charge in [-0.2, -0.15) is 0 Å². The van der Waals surface area contributed by atoms with Crippen molar-refractivity contribution in [3.05, 3.63) is 58.6 Å². The molecular formula is C15H16ClNO3S. The predicted molar refractivity (Wildman–Crippen MR) is 83.2 cm³/mol. The fourth-order valence-corrected chi connectivity index (χ4v) is 3.11. The molecule has 0 saturated carbocycles. The number of methoxy groups -OCH3 is 1. The van der Waals surface area contributed by atoms with Gasteiger partial charge in [0.2, 0.25) is 10.0 Å². The molecule has 0 fully saturated rings. The topological polar surface area (TPSA) is 55.4 Å². The molecule has 0 radical (unpaired) electrons. The van der Waals surface area contributed by atoms with Crippen molar-refractivity contribution in [2.45, 2.75) is 18.4 Å². The van der Waals surface area contributed by atoms with E-state index < -0.39 is 10.0 Å². The smallest absolute Gasteiger partial charge is 0.240 e. The number of sulfonamides is 1. The van der Waals surface area contributed by atoms with E-state index in [9.17, 15) is 8.42 Å². The number of hydrogen-bond donors (Lipinski definition) is 1. The summed E-state index contributed by atoms with van der Waals surface area (Å²) in [6, 6.07) is 11.8. The number of nitrogens with one attached hydrogen (secondary N) is 1. The molecule has 2 aromatic carbocycles. The average molecular weight is 326 g/mol. The van der Waals surface area contributed by atoms with Crippen LogP contribution in [0.15, 0.2) is 47.4 Å². The molecule has 6 heteroatoms. The molecule has 0 atom stereocenters. The Balaban J connectivity index is 2.14. The zero-order valence-electron chi connectivity index (χ0n) is 11.8. The van der Waals surface area contributed by atoms with Crippen molar-refractivity contribution in [1.82, 2.24) is 4.72 Å². The molecule has 0 bridgehead atoms. The number of halogens is 1. The molecule has 2 aromatic rings. The van der Waals surface area contributed by atoms with E-state index in [1.807, 2.05) is 0 Å². The lowest BCUT2D eigenvalue weighted by atomic mass is 10.2. The first-order valence-electron chi connectivity index (χ1n) is 6.31. The predicted octanol–water partition coefficient (Wildman–Crippen LogP) is 3.14. The number of benzene rings is 2. The second-order valence-electron chi connectivity index (χ2n) is 4.58. The maximum absolute atomic E-state index is 12.2. The summed E-state index contributed by atoms with van der Waals surface area (Å²) in [7, 11) is -2.00. The van der Waals surface area contributed by atoms with Crippen LogP contribution in [0.25, 0.3) is 0 Å². The van der Waals surface area contributed by atoms with Gasteiger partial charge in [0.25, 0.3) is 0 Å². The summed E-state index contributed by atoms with van der Waals surface area (Å²) < 4.78 is 32.2. The second kappa shape index (κ2) is 6.47. The monoisotopic (exact) mass is 325 g/mol. The highest BCUT2D eigenvalue weighted by Gasteiger charge is 2.15. The van der Waals surface area contributed by atoms with Gasteiger partial charge >= 0.3 is 0 Å². The standard InChI is InChI=1S/C15H16ClNO3S/c1-11-9-14(7-8-15(11)20-2)21(18,19)17-10-12-3-5-13(16)6-4-12/h3-9,17H,10H2,1-2H3. The molecule has 1 N–H and O–H groups in total. The minimum Gasteiger partial charge on any atom is -0.496 e. The Bertz CT molecular complexity index is 727. The molecule has 4 nitrogen and oxygen atoms in total. The maximum Gasteiger partial charge on any atom is 0.240 e. The van der Waals surface area contributed by atoms with Crippen LogP contribution < -0.4 is 9.46 Å². The molecular weight excluding hydrogens is 310 g/mol. The van der Waals surface area contributed by atoms with E-state index in [4.69, 9.17) is 16.3 Å². The fourth-order valence-electron chi connectivity index (χ4n) is 1.88. The summed E-state index contributed by atoms with van der Waals surface area (Å²) in [5.41, 5.74) is 1.61. The molecule has 2 rings (SSSR count). The molecule has 0 amide bonds. The van der Waals surface area contributed by atoms with Crippen LogP contribution >= 0.6 is 11.6 Å². The molecule has 0 heterocycles. The second-order valence-corrected chi connectivity index (χ2v) is 6.79. The first kappa shape index (κ1) is 15.8. The van der Waals surface area contributed by atoms with E-state index >= 15 is 0 Å². The van der Waals surface area contributed by atoms with Gasteiger partial charge in [0.05, 0.1) is 12.0 Å². The summed E-state index contributed by atoms with van der Waals surface area (Å²) in [4.78, 5) is 0.217. The van der Waals surface area contributed by atoms with Crippen molar-refractivity contribution in [2.24, 2.45) is 0 Å². The van der Waals surface area contributed by atoms with Crippen molar-refractivity contribution in [2.75, 3.05) is 7.11 Å². The molecule has 0 unspecified atom stereocenters. The highest BCUT2D eigenvalue weighted by Crippen LogP contribution is 2.21. The Labute approximate surface area is 129 Å². The first-order valence-corrected chi connectivity index (χ1v) is 8.17. The van der Waals surface area contributed by atoms with E-state index in [0.717, 1.165) is 11.1 Å². The van der Waals surface area contributed by atoms with Crippen LogP contribution in [0.3, 0.4) is 0 Å². The van der Waals surface area contributed by atoms with E-state index in [1.165, 1.54) is 6.07 Å². The summed E-state index contributed by atoms with van der Waals surface area (Å²) in [5, 5.41) is 0.618. The number of aryl methyl sites for hydroxylation is 1. The van der Waals surface area contributed by atoms with Crippen LogP contribution in [0.1, 0.15) is 11.1 Å². The van der Waals surface area contributed by atoms with E-state index in [0.29, 0.717) is 10.8 Å². The largest absolute Gasteiger partial charge is 0.496 e. The normalized spacial score (nSPS) is 11.4. The fraction of sp³-hybridized carbons (Fsp3) is 0.200. The molecule has 0 aromatic heterocycles. The third-order valence-electron chi connectivity index (χ3n) is 3.06. The van der Waals surface area contributed by atoms with Gasteiger partial charge in [0.1, 0.15) is 5.75 Å². The zero-order chi connectivity index (χ0) is 15.5. The van der Waals surface area contributed by atoms with E-state index in [-0.39, 0.29) is 11.4 Å². The van der Waals surface area contributed by atoms with Crippen molar-refractivity contribution in [3.8, 4) is 5.75 Å². The Hall–Kier alpha value is -1.56. The lowest BCUT2D eigenvalue weighted by Gasteiger charge is -2.10. The van der Waals surface area contributed by atoms with Gasteiger partial charge in [-0.3, -0.25) is 0 Å². The summed E-state index contributed by atoms with van der Waals surface area (Å²) in [6.07, 6.45) is 0. The highest BCUT2D eigenvalue weighted by atomic mass is 35.5. The first-order chi connectivity index (χ1) is 9.92. The van der Waals surface area contributed by atoms with Gasteiger partial charge in [-0.25, -0.2) is 13.1 Å². The summed E-state index contributed by atoms with van der Waals surface area (Å²) >= 11 is 5.79. The van der Waals surface area contributed by atoms with Crippen LogP contribution in [0.4, 0.5) is 0 Å². The molecule has 0 aliphatic carbocycles. The van der Waals surface area contributed by atoms with Gasteiger partial charge in [-0.05, 0) is 48.4 Å². The van der Waals surface area contributed by atoms with Crippen LogP contribution in [0.5, 0.6) is 5.75 Å². The average Bonchev–Trinajstić information content (AvgIpc) is 2.46. The molecule has 0 aliphatic rings. The Morgan fingerprint density at radius 3 is 2.38 bits per heavy atom. The maximum atomic E-state index is 12.2. The van der Waals surface area contributed by atoms with Gasteiger partial charge in [-0.15, -0.1) is 0 Å². The van der Waals surface area contributed by atoms with Gasteiger partial charge in [0.15, 0.2) is 0 Å². The summed E-state index contributed by atoms with van der Waals surface area (Å²) in [6.45, 7) is 2.02. The van der Waals surface area contributed by atoms with Crippen molar-refractivity contribution in [3.63, 3.8) is 0 Å². The molecule has 112 valence electrons. The van der Waals surface area contributed by atoms with Gasteiger partial charge in [-0.1, -0.05) is 23.7 Å². The van der Waals surface area contributed by atoms with Gasteiger partial charge in [0, 0.05) is 11.6 Å². The van der Waals surface area contributed by atoms with Gasteiger partial charge < -0.3 is 4.74 Å². The minimum absolute atomic E-state index is 0.213. The van der Waals surface area contributed by atoms with Crippen molar-refractivity contribution < 1.29 is 13.2 Å². The molecule has 0 aliphatic heterocycles. The Morgan fingerprint density at radius 2 is 1.81 bits per heavy atom. The van der Waals surface area contributed by atoms with Crippen LogP contribution in [-0.2, 0) is 16.6 Å². The minimum atomic E-state index is -3.55. The van der Waals surface area contributed by atoms with E-state index in [2.05, 4.69) is 4.72 Å². The summed E-state index contributed by atoms with van der Waals surface area (Å²) in [5.74, 6) is 0.659.